The Morgan fingerprint density at radius 1 is 1.40 bits per heavy atom. The van der Waals surface area contributed by atoms with Gasteiger partial charge in [0.15, 0.2) is 0 Å². The number of benzene rings is 1. The van der Waals surface area contributed by atoms with Crippen molar-refractivity contribution in [3.8, 4) is 5.75 Å². The van der Waals surface area contributed by atoms with Gasteiger partial charge in [-0.3, -0.25) is 0 Å². The van der Waals surface area contributed by atoms with Crippen molar-refractivity contribution in [2.45, 2.75) is 37.7 Å². The summed E-state index contributed by atoms with van der Waals surface area (Å²) in [5.74, 6) is 1.91. The van der Waals surface area contributed by atoms with Gasteiger partial charge in [0.25, 0.3) is 0 Å². The first-order valence-corrected chi connectivity index (χ1v) is 10.0. The summed E-state index contributed by atoms with van der Waals surface area (Å²) in [6.45, 7) is 8.02. The summed E-state index contributed by atoms with van der Waals surface area (Å²) in [6.07, 6.45) is 3.07. The molecule has 25 heavy (non-hydrogen) atoms. The van der Waals surface area contributed by atoms with Gasteiger partial charge in [0.05, 0.1) is 12.7 Å². The van der Waals surface area contributed by atoms with Crippen LogP contribution in [0.1, 0.15) is 31.7 Å². The smallest absolute Gasteiger partial charge is 0.124 e. The number of hydrogen-bond donors (Lipinski definition) is 2. The number of likely N-dealkylation sites (tertiary alicyclic amines) is 1. The van der Waals surface area contributed by atoms with Crippen molar-refractivity contribution >= 4 is 11.6 Å². The molecule has 0 radical (unpaired) electrons. The van der Waals surface area contributed by atoms with Gasteiger partial charge in [0.2, 0.25) is 0 Å². The van der Waals surface area contributed by atoms with Crippen molar-refractivity contribution in [2.75, 3.05) is 39.3 Å². The molecular weight excluding hydrogens is 336 g/mol. The summed E-state index contributed by atoms with van der Waals surface area (Å²) < 4.78 is 6.00. The molecule has 138 valence electrons. The summed E-state index contributed by atoms with van der Waals surface area (Å²) in [4.78, 5) is 2.45. The maximum atomic E-state index is 10.6. The molecule has 4 rings (SSSR count). The largest absolute Gasteiger partial charge is 0.492 e. The summed E-state index contributed by atoms with van der Waals surface area (Å²) in [5, 5.41) is 14.8. The molecule has 3 atom stereocenters. The molecule has 3 aliphatic rings. The summed E-state index contributed by atoms with van der Waals surface area (Å²) in [5.41, 5.74) is 1.43. The topological polar surface area (TPSA) is 44.7 Å². The van der Waals surface area contributed by atoms with Crippen LogP contribution in [0.25, 0.3) is 0 Å². The highest BCUT2D eigenvalue weighted by molar-refractivity contribution is 6.30. The molecule has 4 nitrogen and oxygen atoms in total. The average molecular weight is 365 g/mol. The van der Waals surface area contributed by atoms with Crippen molar-refractivity contribution in [3.63, 3.8) is 0 Å². The van der Waals surface area contributed by atoms with E-state index in [0.717, 1.165) is 69.4 Å². The third-order valence-electron chi connectivity index (χ3n) is 6.69. The Kier molecular flexibility index (Phi) is 4.98. The third kappa shape index (κ3) is 3.30. The molecule has 1 aromatic carbocycles. The van der Waals surface area contributed by atoms with E-state index >= 15 is 0 Å². The number of nitrogens with zero attached hydrogens (tertiary/aromatic N) is 1. The lowest BCUT2D eigenvalue weighted by Gasteiger charge is -2.45. The molecule has 0 aliphatic carbocycles. The van der Waals surface area contributed by atoms with Crippen LogP contribution in [0.15, 0.2) is 18.2 Å². The molecule has 2 saturated heterocycles. The van der Waals surface area contributed by atoms with Crippen LogP contribution < -0.4 is 10.1 Å². The van der Waals surface area contributed by atoms with Crippen LogP contribution in [0.2, 0.25) is 5.02 Å². The third-order valence-corrected chi connectivity index (χ3v) is 6.92. The second-order valence-electron chi connectivity index (χ2n) is 8.15. The molecule has 5 heteroatoms. The number of halogens is 1. The highest BCUT2D eigenvalue weighted by Crippen LogP contribution is 2.48. The summed E-state index contributed by atoms with van der Waals surface area (Å²) >= 11 is 6.12. The van der Waals surface area contributed by atoms with Gasteiger partial charge >= 0.3 is 0 Å². The molecule has 0 aromatic heterocycles. The van der Waals surface area contributed by atoms with E-state index in [-0.39, 0.29) is 11.5 Å². The fourth-order valence-electron chi connectivity index (χ4n) is 4.99. The Morgan fingerprint density at radius 3 is 2.96 bits per heavy atom. The van der Waals surface area contributed by atoms with Gasteiger partial charge in [-0.1, -0.05) is 24.6 Å². The Labute approximate surface area is 155 Å². The first-order chi connectivity index (χ1) is 12.1. The second kappa shape index (κ2) is 7.07. The van der Waals surface area contributed by atoms with Crippen LogP contribution in [0.5, 0.6) is 5.75 Å². The molecule has 1 spiro atoms. The van der Waals surface area contributed by atoms with E-state index in [1.807, 2.05) is 12.1 Å². The van der Waals surface area contributed by atoms with Crippen LogP contribution in [0, 0.1) is 11.8 Å². The number of nitrogens with one attached hydrogen (secondary N) is 1. The van der Waals surface area contributed by atoms with Gasteiger partial charge < -0.3 is 20.1 Å². The van der Waals surface area contributed by atoms with Crippen LogP contribution in [0.4, 0.5) is 0 Å². The van der Waals surface area contributed by atoms with Crippen LogP contribution in [0.3, 0.4) is 0 Å². The fraction of sp³-hybridized carbons (Fsp3) is 0.700. The van der Waals surface area contributed by atoms with E-state index in [1.54, 1.807) is 0 Å². The minimum atomic E-state index is -0.200. The van der Waals surface area contributed by atoms with E-state index in [4.69, 9.17) is 16.3 Å². The number of hydrogen-bond acceptors (Lipinski definition) is 4. The van der Waals surface area contributed by atoms with Crippen molar-refractivity contribution < 1.29 is 9.84 Å². The number of piperidine rings is 2. The number of aliphatic hydroxyl groups excluding tert-OH is 1. The zero-order chi connectivity index (χ0) is 17.4. The minimum absolute atomic E-state index is 0.107. The zero-order valence-electron chi connectivity index (χ0n) is 15.0. The average Bonchev–Trinajstić information content (AvgIpc) is 2.98. The monoisotopic (exact) mass is 364 g/mol. The molecule has 0 bridgehead atoms. The van der Waals surface area contributed by atoms with Crippen LogP contribution >= 0.6 is 11.6 Å². The summed E-state index contributed by atoms with van der Waals surface area (Å²) in [6, 6.07) is 6.09. The van der Waals surface area contributed by atoms with E-state index in [2.05, 4.69) is 23.2 Å². The van der Waals surface area contributed by atoms with E-state index in [1.165, 1.54) is 5.56 Å². The van der Waals surface area contributed by atoms with E-state index < -0.39 is 0 Å². The number of fused-ring (bicyclic) bond motifs is 2. The predicted octanol–water partition coefficient (Wildman–Crippen LogP) is 2.67. The predicted molar refractivity (Wildman–Crippen MR) is 100 cm³/mol. The molecule has 1 aromatic rings. The van der Waals surface area contributed by atoms with Crippen LogP contribution in [-0.2, 0) is 5.41 Å². The Balaban J connectivity index is 1.41. The Bertz CT molecular complexity index is 620. The number of β-amino-alcohol motifs (C(OH)–C–C–N with tert-alkyl or cyclic N) is 1. The van der Waals surface area contributed by atoms with Crippen molar-refractivity contribution in [1.82, 2.24) is 10.2 Å². The molecule has 2 unspecified atom stereocenters. The number of ether oxygens (including phenoxy) is 1. The van der Waals surface area contributed by atoms with Crippen LogP contribution in [-0.4, -0.2) is 55.4 Å². The molecule has 3 aliphatic heterocycles. The van der Waals surface area contributed by atoms with Crippen molar-refractivity contribution in [3.05, 3.63) is 28.8 Å². The molecule has 0 amide bonds. The molecule has 2 fully saturated rings. The fourth-order valence-corrected chi connectivity index (χ4v) is 5.15. The lowest BCUT2D eigenvalue weighted by atomic mass is 9.68. The first-order valence-electron chi connectivity index (χ1n) is 9.62. The second-order valence-corrected chi connectivity index (χ2v) is 8.59. The lowest BCUT2D eigenvalue weighted by molar-refractivity contribution is 0.0160. The van der Waals surface area contributed by atoms with E-state index in [9.17, 15) is 5.11 Å². The highest BCUT2D eigenvalue weighted by Gasteiger charge is 2.48. The quantitative estimate of drug-likeness (QED) is 0.865. The maximum absolute atomic E-state index is 10.6. The molecule has 2 N–H and O–H groups in total. The molecular formula is C20H29ClN2O2. The summed E-state index contributed by atoms with van der Waals surface area (Å²) in [7, 11) is 0. The normalized spacial score (nSPS) is 31.7. The van der Waals surface area contributed by atoms with Gasteiger partial charge in [-0.05, 0) is 62.9 Å². The maximum Gasteiger partial charge on any atom is 0.124 e. The molecule has 0 saturated carbocycles. The SMILES string of the molecule is CC1CN(C[C@@H](O)C2CCNCC2)CCC12COc1cc(Cl)ccc12. The standard InChI is InChI=1S/C20H29ClN2O2/c1-14-11-23(12-18(24)15-4-7-22-8-5-15)9-6-20(14)13-25-19-10-16(21)2-3-17(19)20/h2-3,10,14-15,18,22,24H,4-9,11-13H2,1H3/t14?,18-,20?/m1/s1. The molecule has 3 heterocycles. The van der Waals surface area contributed by atoms with Gasteiger partial charge in [-0.2, -0.15) is 0 Å². The van der Waals surface area contributed by atoms with Crippen molar-refractivity contribution in [2.24, 2.45) is 11.8 Å². The Morgan fingerprint density at radius 2 is 2.20 bits per heavy atom. The van der Waals surface area contributed by atoms with Gasteiger partial charge in [0, 0.05) is 29.1 Å². The first kappa shape index (κ1) is 17.6. The van der Waals surface area contributed by atoms with Gasteiger partial charge in [-0.25, -0.2) is 0 Å². The lowest BCUT2D eigenvalue weighted by Crippen LogP contribution is -2.52. The number of rotatable bonds is 3. The zero-order valence-corrected chi connectivity index (χ0v) is 15.8. The van der Waals surface area contributed by atoms with Crippen molar-refractivity contribution in [1.29, 1.82) is 0 Å². The number of aliphatic hydroxyl groups is 1. The Hall–Kier alpha value is -0.810. The van der Waals surface area contributed by atoms with Gasteiger partial charge in [-0.15, -0.1) is 0 Å². The highest BCUT2D eigenvalue weighted by atomic mass is 35.5. The van der Waals surface area contributed by atoms with E-state index in [0.29, 0.717) is 11.8 Å². The van der Waals surface area contributed by atoms with Gasteiger partial charge in [0.1, 0.15) is 5.75 Å². The minimum Gasteiger partial charge on any atom is -0.492 e.